The topological polar surface area (TPSA) is 25.2 Å². The maximum atomic E-state index is 5.99. The maximum Gasteiger partial charge on any atom is 0.135 e. The fourth-order valence-corrected chi connectivity index (χ4v) is 4.43. The van der Waals surface area contributed by atoms with Gasteiger partial charge in [0, 0.05) is 29.1 Å². The van der Waals surface area contributed by atoms with Crippen molar-refractivity contribution in [3.63, 3.8) is 0 Å². The fourth-order valence-electron chi connectivity index (χ4n) is 4.43. The van der Waals surface area contributed by atoms with E-state index in [0.29, 0.717) is 0 Å². The molecule has 0 spiro atoms. The molecule has 0 fully saturated rings. The van der Waals surface area contributed by atoms with Gasteiger partial charge in [0.1, 0.15) is 11.3 Å². The van der Waals surface area contributed by atoms with Gasteiger partial charge in [-0.05, 0) is 52.2 Å². The van der Waals surface area contributed by atoms with Crippen molar-refractivity contribution in [3.8, 4) is 11.1 Å². The number of anilines is 1. The molecular weight excluding hydrogens is 366 g/mol. The van der Waals surface area contributed by atoms with Gasteiger partial charge in [-0.1, -0.05) is 72.8 Å². The molecule has 2 nitrogen and oxygen atoms in total. The minimum absolute atomic E-state index is 0.241. The van der Waals surface area contributed by atoms with Crippen molar-refractivity contribution in [1.82, 2.24) is 0 Å². The van der Waals surface area contributed by atoms with Crippen LogP contribution in [0.5, 0.6) is 0 Å². The Bertz CT molecular complexity index is 1410. The fraction of sp³-hybridized carbons (Fsp3) is 0.0714. The molecule has 0 saturated heterocycles. The van der Waals surface area contributed by atoms with Crippen LogP contribution in [0.2, 0.25) is 0 Å². The molecule has 1 aliphatic rings. The zero-order chi connectivity index (χ0) is 19.9. The smallest absolute Gasteiger partial charge is 0.135 e. The van der Waals surface area contributed by atoms with Gasteiger partial charge in [-0.2, -0.15) is 0 Å². The van der Waals surface area contributed by atoms with Crippen molar-refractivity contribution in [1.29, 1.82) is 0 Å². The van der Waals surface area contributed by atoms with Gasteiger partial charge in [-0.15, -0.1) is 0 Å². The molecule has 0 radical (unpaired) electrons. The lowest BCUT2D eigenvalue weighted by molar-refractivity contribution is 0.593. The number of rotatable bonds is 3. The van der Waals surface area contributed by atoms with Crippen LogP contribution < -0.4 is 5.32 Å². The summed E-state index contributed by atoms with van der Waals surface area (Å²) in [4.78, 5) is 0. The van der Waals surface area contributed by atoms with Gasteiger partial charge in [0.05, 0.1) is 0 Å². The van der Waals surface area contributed by atoms with Crippen molar-refractivity contribution in [2.24, 2.45) is 0 Å². The summed E-state index contributed by atoms with van der Waals surface area (Å²) in [7, 11) is 0. The van der Waals surface area contributed by atoms with E-state index in [9.17, 15) is 0 Å². The van der Waals surface area contributed by atoms with Crippen LogP contribution in [0, 0.1) is 0 Å². The molecule has 5 aromatic rings. The molecule has 4 aromatic carbocycles. The van der Waals surface area contributed by atoms with Crippen LogP contribution >= 0.6 is 0 Å². The first-order valence-electron chi connectivity index (χ1n) is 10.4. The van der Waals surface area contributed by atoms with Crippen LogP contribution in [0.3, 0.4) is 0 Å². The summed E-state index contributed by atoms with van der Waals surface area (Å²) in [5.74, 6) is 0.985. The number of para-hydroxylation sites is 1. The Hall–Kier alpha value is -3.78. The van der Waals surface area contributed by atoms with E-state index in [2.05, 4.69) is 96.3 Å². The third kappa shape index (κ3) is 2.98. The first-order chi connectivity index (χ1) is 14.8. The zero-order valence-corrected chi connectivity index (χ0v) is 16.5. The van der Waals surface area contributed by atoms with Gasteiger partial charge in [0.2, 0.25) is 0 Å². The van der Waals surface area contributed by atoms with E-state index < -0.39 is 0 Å². The molecule has 0 bridgehead atoms. The normalized spacial score (nSPS) is 15.4. The quantitative estimate of drug-likeness (QED) is 0.351. The molecule has 1 N–H and O–H groups in total. The highest BCUT2D eigenvalue weighted by Crippen LogP contribution is 2.32. The number of hydrogen-bond donors (Lipinski definition) is 1. The lowest BCUT2D eigenvalue weighted by Crippen LogP contribution is -2.21. The van der Waals surface area contributed by atoms with Gasteiger partial charge in [-0.25, -0.2) is 0 Å². The molecule has 1 heterocycles. The summed E-state index contributed by atoms with van der Waals surface area (Å²) in [6.07, 6.45) is 5.22. The highest BCUT2D eigenvalue weighted by atomic mass is 16.3. The Morgan fingerprint density at radius 3 is 2.53 bits per heavy atom. The third-order valence-electron chi connectivity index (χ3n) is 5.93. The third-order valence-corrected chi connectivity index (χ3v) is 5.93. The Labute approximate surface area is 175 Å². The second kappa shape index (κ2) is 6.93. The lowest BCUT2D eigenvalue weighted by Gasteiger charge is -2.20. The molecule has 2 heteroatoms. The number of nitrogens with one attached hydrogen (secondary N) is 1. The second-order valence-corrected chi connectivity index (χ2v) is 7.90. The molecule has 1 unspecified atom stereocenters. The molecule has 144 valence electrons. The van der Waals surface area contributed by atoms with Crippen LogP contribution in [0.25, 0.3) is 38.9 Å². The molecule has 0 aliphatic heterocycles. The predicted molar refractivity (Wildman–Crippen MR) is 126 cm³/mol. The highest BCUT2D eigenvalue weighted by molar-refractivity contribution is 5.88. The molecule has 1 aliphatic carbocycles. The van der Waals surface area contributed by atoms with E-state index in [0.717, 1.165) is 23.5 Å². The summed E-state index contributed by atoms with van der Waals surface area (Å²) >= 11 is 0. The first kappa shape index (κ1) is 17.1. The summed E-state index contributed by atoms with van der Waals surface area (Å²) in [6, 6.07) is 32.4. The molecule has 30 heavy (non-hydrogen) atoms. The molecule has 0 amide bonds. The van der Waals surface area contributed by atoms with Crippen LogP contribution in [0.15, 0.2) is 101 Å². The first-order valence-corrected chi connectivity index (χ1v) is 10.4. The summed E-state index contributed by atoms with van der Waals surface area (Å²) in [5, 5.41) is 7.45. The number of hydrogen-bond acceptors (Lipinski definition) is 2. The lowest BCUT2D eigenvalue weighted by atomic mass is 9.96. The Morgan fingerprint density at radius 1 is 0.733 bits per heavy atom. The van der Waals surface area contributed by atoms with Crippen LogP contribution in [-0.2, 0) is 6.42 Å². The van der Waals surface area contributed by atoms with Crippen LogP contribution in [-0.4, -0.2) is 6.04 Å². The van der Waals surface area contributed by atoms with E-state index in [4.69, 9.17) is 4.42 Å². The molecule has 1 atom stereocenters. The van der Waals surface area contributed by atoms with E-state index in [1.165, 1.54) is 32.8 Å². The number of fused-ring (bicyclic) bond motifs is 4. The van der Waals surface area contributed by atoms with Gasteiger partial charge < -0.3 is 9.73 Å². The van der Waals surface area contributed by atoms with Crippen molar-refractivity contribution < 1.29 is 4.42 Å². The SMILES string of the molecule is C1=CC(Nc2cccc(-c3ccc4ccccc4c3)c2)Cc2c1oc1ccccc21. The maximum absolute atomic E-state index is 5.99. The largest absolute Gasteiger partial charge is 0.456 e. The van der Waals surface area contributed by atoms with Crippen LogP contribution in [0.4, 0.5) is 5.69 Å². The Balaban J connectivity index is 1.28. The van der Waals surface area contributed by atoms with Crippen molar-refractivity contribution in [2.45, 2.75) is 12.5 Å². The Morgan fingerprint density at radius 2 is 1.57 bits per heavy atom. The minimum Gasteiger partial charge on any atom is -0.456 e. The highest BCUT2D eigenvalue weighted by Gasteiger charge is 2.20. The Kier molecular flexibility index (Phi) is 3.95. The molecule has 6 rings (SSSR count). The van der Waals surface area contributed by atoms with E-state index >= 15 is 0 Å². The van der Waals surface area contributed by atoms with E-state index in [1.807, 2.05) is 12.1 Å². The van der Waals surface area contributed by atoms with Crippen molar-refractivity contribution in [3.05, 3.63) is 108 Å². The summed E-state index contributed by atoms with van der Waals surface area (Å²) in [5.41, 5.74) is 5.84. The molecular formula is C28H21NO. The minimum atomic E-state index is 0.241. The van der Waals surface area contributed by atoms with Crippen molar-refractivity contribution in [2.75, 3.05) is 5.32 Å². The zero-order valence-electron chi connectivity index (χ0n) is 16.5. The van der Waals surface area contributed by atoms with E-state index in [1.54, 1.807) is 0 Å². The predicted octanol–water partition coefficient (Wildman–Crippen LogP) is 7.30. The standard InChI is InChI=1S/C28H21NO/c1-2-7-20-16-22(13-12-19(20)6-1)21-8-5-9-23(17-21)29-24-14-15-28-26(18-24)25-10-3-4-11-27(25)30-28/h1-17,24,29H,18H2. The van der Waals surface area contributed by atoms with Gasteiger partial charge >= 0.3 is 0 Å². The number of furan rings is 1. The second-order valence-electron chi connectivity index (χ2n) is 7.90. The van der Waals surface area contributed by atoms with Gasteiger partial charge in [0.25, 0.3) is 0 Å². The van der Waals surface area contributed by atoms with Crippen LogP contribution in [0.1, 0.15) is 11.3 Å². The van der Waals surface area contributed by atoms with Crippen molar-refractivity contribution >= 4 is 33.5 Å². The van der Waals surface area contributed by atoms with Gasteiger partial charge in [-0.3, -0.25) is 0 Å². The van der Waals surface area contributed by atoms with Gasteiger partial charge in [0.15, 0.2) is 0 Å². The summed E-state index contributed by atoms with van der Waals surface area (Å²) < 4.78 is 5.99. The summed E-state index contributed by atoms with van der Waals surface area (Å²) in [6.45, 7) is 0. The monoisotopic (exact) mass is 387 g/mol. The van der Waals surface area contributed by atoms with E-state index in [-0.39, 0.29) is 6.04 Å². The number of benzene rings is 4. The average Bonchev–Trinajstić information content (AvgIpc) is 3.17. The average molecular weight is 387 g/mol. The molecule has 0 saturated carbocycles. The molecule has 1 aromatic heterocycles.